The summed E-state index contributed by atoms with van der Waals surface area (Å²) in [5.74, 6) is 1.71. The molecule has 0 spiro atoms. The van der Waals surface area contributed by atoms with Crippen LogP contribution in [0, 0.1) is 5.92 Å². The van der Waals surface area contributed by atoms with E-state index in [1.165, 1.54) is 19.3 Å². The van der Waals surface area contributed by atoms with Gasteiger partial charge in [-0.1, -0.05) is 13.3 Å². The van der Waals surface area contributed by atoms with E-state index in [4.69, 9.17) is 9.47 Å². The summed E-state index contributed by atoms with van der Waals surface area (Å²) in [6, 6.07) is 5.07. The number of carbonyl (C=O) groups excluding carboxylic acids is 1. The summed E-state index contributed by atoms with van der Waals surface area (Å²) in [7, 11) is 3.11. The van der Waals surface area contributed by atoms with E-state index < -0.39 is 0 Å². The van der Waals surface area contributed by atoms with Crippen molar-refractivity contribution in [2.75, 3.05) is 14.2 Å². The maximum absolute atomic E-state index is 12.2. The number of benzene rings is 1. The molecule has 0 unspecified atom stereocenters. The van der Waals surface area contributed by atoms with E-state index in [9.17, 15) is 4.79 Å². The molecule has 5 heteroatoms. The highest BCUT2D eigenvalue weighted by Gasteiger charge is 2.16. The maximum atomic E-state index is 12.2. The summed E-state index contributed by atoms with van der Waals surface area (Å²) in [6.45, 7) is 2.23. The number of nitrogens with zero attached hydrogens (tertiary/aromatic N) is 1. The monoisotopic (exact) mass is 304 g/mol. The van der Waals surface area contributed by atoms with Crippen molar-refractivity contribution >= 4 is 11.6 Å². The Morgan fingerprint density at radius 3 is 2.50 bits per heavy atom. The van der Waals surface area contributed by atoms with Gasteiger partial charge >= 0.3 is 0 Å². The van der Waals surface area contributed by atoms with Crippen LogP contribution >= 0.6 is 0 Å². The molecule has 1 amide bonds. The second-order valence-electron chi connectivity index (χ2n) is 5.54. The van der Waals surface area contributed by atoms with Crippen molar-refractivity contribution in [1.29, 1.82) is 0 Å². The first-order valence-electron chi connectivity index (χ1n) is 7.75. The van der Waals surface area contributed by atoms with Crippen LogP contribution in [0.4, 0.5) is 0 Å². The number of nitrogens with one attached hydrogen (secondary N) is 1. The normalized spacial score (nSPS) is 17.8. The molecule has 1 N–H and O–H groups in total. The Morgan fingerprint density at radius 1 is 1.23 bits per heavy atom. The molecule has 2 rings (SSSR count). The predicted molar refractivity (Wildman–Crippen MR) is 86.7 cm³/mol. The minimum atomic E-state index is -0.230. The molecule has 0 heterocycles. The van der Waals surface area contributed by atoms with Crippen LogP contribution in [0.2, 0.25) is 0 Å². The first-order chi connectivity index (χ1) is 10.7. The highest BCUT2D eigenvalue weighted by molar-refractivity contribution is 5.96. The van der Waals surface area contributed by atoms with E-state index in [2.05, 4.69) is 17.5 Å². The summed E-state index contributed by atoms with van der Waals surface area (Å²) >= 11 is 0. The number of hydrogen-bond donors (Lipinski definition) is 1. The van der Waals surface area contributed by atoms with Gasteiger partial charge in [0, 0.05) is 11.3 Å². The molecule has 1 aliphatic rings. The number of ether oxygens (including phenoxy) is 2. The fourth-order valence-corrected chi connectivity index (χ4v) is 2.70. The summed E-state index contributed by atoms with van der Waals surface area (Å²) in [5.41, 5.74) is 4.23. The van der Waals surface area contributed by atoms with E-state index in [1.807, 2.05) is 0 Å². The van der Waals surface area contributed by atoms with Gasteiger partial charge in [0.25, 0.3) is 5.91 Å². The zero-order chi connectivity index (χ0) is 15.9. The molecule has 0 atom stereocenters. The molecule has 1 aromatic rings. The lowest BCUT2D eigenvalue weighted by atomic mass is 9.86. The van der Waals surface area contributed by atoms with Crippen molar-refractivity contribution in [2.45, 2.75) is 39.0 Å². The first-order valence-corrected chi connectivity index (χ1v) is 7.75. The van der Waals surface area contributed by atoms with E-state index in [1.54, 1.807) is 32.4 Å². The van der Waals surface area contributed by atoms with Gasteiger partial charge in [0.1, 0.15) is 0 Å². The first kappa shape index (κ1) is 16.3. The van der Waals surface area contributed by atoms with Crippen LogP contribution in [0.3, 0.4) is 0 Å². The van der Waals surface area contributed by atoms with Crippen LogP contribution in [0.25, 0.3) is 0 Å². The predicted octanol–water partition coefficient (Wildman–Crippen LogP) is 3.39. The van der Waals surface area contributed by atoms with Crippen LogP contribution < -0.4 is 14.9 Å². The molecular formula is C17H24N2O3. The molecule has 0 saturated heterocycles. The molecule has 0 radical (unpaired) electrons. The van der Waals surface area contributed by atoms with Crippen molar-refractivity contribution in [3.05, 3.63) is 23.8 Å². The molecule has 0 aliphatic heterocycles. The number of hydrazone groups is 1. The third kappa shape index (κ3) is 4.00. The molecule has 120 valence electrons. The molecule has 1 fully saturated rings. The molecule has 0 aromatic heterocycles. The molecule has 1 aromatic carbocycles. The quantitative estimate of drug-likeness (QED) is 0.848. The molecule has 1 saturated carbocycles. The molecule has 1 aliphatic carbocycles. The summed E-state index contributed by atoms with van der Waals surface area (Å²) in [6.07, 6.45) is 5.52. The van der Waals surface area contributed by atoms with Crippen LogP contribution in [-0.4, -0.2) is 25.8 Å². The second kappa shape index (κ2) is 7.82. The van der Waals surface area contributed by atoms with Gasteiger partial charge in [-0.05, 0) is 49.8 Å². The average molecular weight is 304 g/mol. The molecule has 0 bridgehead atoms. The van der Waals surface area contributed by atoms with Crippen molar-refractivity contribution in [1.82, 2.24) is 5.43 Å². The van der Waals surface area contributed by atoms with Gasteiger partial charge in [-0.15, -0.1) is 0 Å². The van der Waals surface area contributed by atoms with Gasteiger partial charge in [-0.3, -0.25) is 4.79 Å². The van der Waals surface area contributed by atoms with Gasteiger partial charge < -0.3 is 9.47 Å². The average Bonchev–Trinajstić information content (AvgIpc) is 2.59. The number of amides is 1. The standard InChI is InChI=1S/C17H24N2O3/c1-4-12-5-8-14(9-6-12)18-19-17(20)13-7-10-15(21-2)16(11-13)22-3/h7,10-12H,4-6,8-9H2,1-3H3,(H,19,20). The fourth-order valence-electron chi connectivity index (χ4n) is 2.70. The van der Waals surface area contributed by atoms with E-state index in [-0.39, 0.29) is 5.91 Å². The Morgan fingerprint density at radius 2 is 1.91 bits per heavy atom. The van der Waals surface area contributed by atoms with Crippen molar-refractivity contribution < 1.29 is 14.3 Å². The SMILES string of the molecule is CCC1CCC(=NNC(=O)c2ccc(OC)c(OC)c2)CC1. The Kier molecular flexibility index (Phi) is 5.81. The topological polar surface area (TPSA) is 59.9 Å². The van der Waals surface area contributed by atoms with Crippen LogP contribution in [0.1, 0.15) is 49.4 Å². The largest absolute Gasteiger partial charge is 0.493 e. The molecular weight excluding hydrogens is 280 g/mol. The summed E-state index contributed by atoms with van der Waals surface area (Å²) in [4.78, 5) is 12.2. The smallest absolute Gasteiger partial charge is 0.271 e. The number of methoxy groups -OCH3 is 2. The van der Waals surface area contributed by atoms with Gasteiger partial charge in [-0.25, -0.2) is 5.43 Å². The summed E-state index contributed by atoms with van der Waals surface area (Å²) in [5, 5.41) is 4.27. The van der Waals surface area contributed by atoms with Gasteiger partial charge in [0.2, 0.25) is 0 Å². The Labute approximate surface area is 131 Å². The van der Waals surface area contributed by atoms with E-state index >= 15 is 0 Å². The van der Waals surface area contributed by atoms with E-state index in [0.29, 0.717) is 17.1 Å². The summed E-state index contributed by atoms with van der Waals surface area (Å²) < 4.78 is 10.4. The lowest BCUT2D eigenvalue weighted by Gasteiger charge is -2.21. The van der Waals surface area contributed by atoms with Gasteiger partial charge in [0.05, 0.1) is 14.2 Å². The van der Waals surface area contributed by atoms with Crippen LogP contribution in [0.5, 0.6) is 11.5 Å². The highest BCUT2D eigenvalue weighted by atomic mass is 16.5. The van der Waals surface area contributed by atoms with Gasteiger partial charge in [0.15, 0.2) is 11.5 Å². The fraction of sp³-hybridized carbons (Fsp3) is 0.529. The van der Waals surface area contributed by atoms with E-state index in [0.717, 1.165) is 24.5 Å². The molecule has 5 nitrogen and oxygen atoms in total. The third-order valence-corrected chi connectivity index (χ3v) is 4.22. The Balaban J connectivity index is 1.98. The minimum Gasteiger partial charge on any atom is -0.493 e. The second-order valence-corrected chi connectivity index (χ2v) is 5.54. The number of rotatable bonds is 5. The Bertz CT molecular complexity index is 545. The van der Waals surface area contributed by atoms with Crippen molar-refractivity contribution in [3.8, 4) is 11.5 Å². The van der Waals surface area contributed by atoms with Crippen molar-refractivity contribution in [2.24, 2.45) is 11.0 Å². The number of hydrogen-bond acceptors (Lipinski definition) is 4. The van der Waals surface area contributed by atoms with Gasteiger partial charge in [-0.2, -0.15) is 5.10 Å². The van der Waals surface area contributed by atoms with Crippen molar-refractivity contribution in [3.63, 3.8) is 0 Å². The Hall–Kier alpha value is -2.04. The lowest BCUT2D eigenvalue weighted by molar-refractivity contribution is 0.0954. The zero-order valence-corrected chi connectivity index (χ0v) is 13.5. The molecule has 22 heavy (non-hydrogen) atoms. The van der Waals surface area contributed by atoms with Crippen LogP contribution in [0.15, 0.2) is 23.3 Å². The number of carbonyl (C=O) groups is 1. The minimum absolute atomic E-state index is 0.230. The zero-order valence-electron chi connectivity index (χ0n) is 13.5. The highest BCUT2D eigenvalue weighted by Crippen LogP contribution is 2.27. The maximum Gasteiger partial charge on any atom is 0.271 e. The lowest BCUT2D eigenvalue weighted by Crippen LogP contribution is -2.22. The van der Waals surface area contributed by atoms with Crippen LogP contribution in [-0.2, 0) is 0 Å². The third-order valence-electron chi connectivity index (χ3n) is 4.22.